The van der Waals surface area contributed by atoms with Crippen molar-refractivity contribution < 1.29 is 58.3 Å². The predicted molar refractivity (Wildman–Crippen MR) is 11.4 cm³/mol. The molecule has 0 aromatic carbocycles. The van der Waals surface area contributed by atoms with Crippen molar-refractivity contribution in [1.29, 1.82) is 5.26 Å². The summed E-state index contributed by atoms with van der Waals surface area (Å²) in [5.41, 5.74) is 0. The maximum atomic E-state index is 6.50. The Bertz CT molecular complexity index is 16.4. The van der Waals surface area contributed by atoms with Gasteiger partial charge in [-0.3, -0.25) is 0 Å². The van der Waals surface area contributed by atoms with Crippen LogP contribution in [0.4, 0.5) is 0 Å². The second kappa shape index (κ2) is 33.0. The first-order valence-electron chi connectivity index (χ1n) is 0.258. The van der Waals surface area contributed by atoms with E-state index in [4.69, 9.17) is 5.26 Å². The Morgan fingerprint density at radius 1 is 1.50 bits per heavy atom. The Morgan fingerprint density at radius 3 is 1.50 bits per heavy atom. The van der Waals surface area contributed by atoms with Crippen LogP contribution in [0.25, 0.3) is 0 Å². The van der Waals surface area contributed by atoms with Crippen LogP contribution in [0.2, 0.25) is 0 Å². The summed E-state index contributed by atoms with van der Waals surface area (Å²) in [7, 11) is 0. The largest absolute Gasteiger partial charge is 1.00 e. The standard InChI is InChI=1S/CHN.K.H2O.H/c1-2;;;/h1H;;1H2;/q;+1;;-1. The molecule has 2 N–H and O–H groups in total. The number of hydrogen-bond acceptors (Lipinski definition) is 1. The van der Waals surface area contributed by atoms with Gasteiger partial charge in [-0.15, -0.1) is 0 Å². The van der Waals surface area contributed by atoms with Crippen LogP contribution in [0.5, 0.6) is 0 Å². The van der Waals surface area contributed by atoms with Crippen LogP contribution >= 0.6 is 0 Å². The Kier molecular flexibility index (Phi) is 161. The van der Waals surface area contributed by atoms with Crippen LogP contribution in [-0.2, 0) is 0 Å². The molecule has 0 heterocycles. The van der Waals surface area contributed by atoms with E-state index in [0.717, 1.165) is 0 Å². The van der Waals surface area contributed by atoms with E-state index >= 15 is 0 Å². The second-order valence-electron chi connectivity index (χ2n) is 0. The zero-order chi connectivity index (χ0) is 2.00. The van der Waals surface area contributed by atoms with E-state index in [1.54, 1.807) is 0 Å². The first-order valence-corrected chi connectivity index (χ1v) is 0.258. The second-order valence-corrected chi connectivity index (χ2v) is 0. The fraction of sp³-hybridized carbons (Fsp3) is 0. The molecule has 3 heteroatoms. The number of nitriles is 1. The SMILES string of the molecule is C#N.O.[H-].[K+]. The fourth-order valence-corrected chi connectivity index (χ4v) is 0. The summed E-state index contributed by atoms with van der Waals surface area (Å²) in [4.78, 5) is 0. The molecule has 0 atom stereocenters. The quantitative estimate of drug-likeness (QED) is 0.281. The topological polar surface area (TPSA) is 55.3 Å². The van der Waals surface area contributed by atoms with E-state index in [2.05, 4.69) is 6.57 Å². The third kappa shape index (κ3) is 11.4. The van der Waals surface area contributed by atoms with E-state index in [1.165, 1.54) is 0 Å². The summed E-state index contributed by atoms with van der Waals surface area (Å²) in [6.07, 6.45) is 0. The van der Waals surface area contributed by atoms with Gasteiger partial charge in [-0.25, -0.2) is 5.26 Å². The number of nitrogens with zero attached hydrogens (tertiary/aromatic N) is 1. The molecule has 0 radical (unpaired) electrons. The van der Waals surface area contributed by atoms with Crippen molar-refractivity contribution in [2.45, 2.75) is 0 Å². The van der Waals surface area contributed by atoms with Gasteiger partial charge in [0.2, 0.25) is 0 Å². The van der Waals surface area contributed by atoms with Crippen molar-refractivity contribution in [3.63, 3.8) is 0 Å². The molecule has 0 aliphatic carbocycles. The minimum Gasteiger partial charge on any atom is -1.00 e. The minimum absolute atomic E-state index is 0. The molecule has 0 saturated carbocycles. The van der Waals surface area contributed by atoms with Gasteiger partial charge in [0.1, 0.15) is 0 Å². The Morgan fingerprint density at radius 2 is 1.50 bits per heavy atom. The van der Waals surface area contributed by atoms with Gasteiger partial charge in [0.25, 0.3) is 0 Å². The van der Waals surface area contributed by atoms with Gasteiger partial charge in [-0.1, -0.05) is 0 Å². The zero-order valence-corrected chi connectivity index (χ0v) is 5.65. The smallest absolute Gasteiger partial charge is 1.00 e. The summed E-state index contributed by atoms with van der Waals surface area (Å²) in [6, 6.07) is 0. The molecule has 0 rings (SSSR count). The van der Waals surface area contributed by atoms with Crippen LogP contribution < -0.4 is 51.4 Å². The predicted octanol–water partition coefficient (Wildman–Crippen LogP) is -3.57. The van der Waals surface area contributed by atoms with Crippen LogP contribution in [0, 0.1) is 11.8 Å². The zero-order valence-electron chi connectivity index (χ0n) is 3.52. The Labute approximate surface area is 69.0 Å². The van der Waals surface area contributed by atoms with Gasteiger partial charge in [-0.05, 0) is 0 Å². The van der Waals surface area contributed by atoms with E-state index in [1.807, 2.05) is 0 Å². The van der Waals surface area contributed by atoms with Crippen LogP contribution in [0.15, 0.2) is 0 Å². The fourth-order valence-electron chi connectivity index (χ4n) is 0. The van der Waals surface area contributed by atoms with Crippen molar-refractivity contribution in [1.82, 2.24) is 0 Å². The number of hydrogen-bond donors (Lipinski definition) is 0. The summed E-state index contributed by atoms with van der Waals surface area (Å²) >= 11 is 0. The maximum absolute atomic E-state index is 6.50. The summed E-state index contributed by atoms with van der Waals surface area (Å²) < 4.78 is 0. The van der Waals surface area contributed by atoms with Gasteiger partial charge in [0.15, 0.2) is 0 Å². The van der Waals surface area contributed by atoms with E-state index < -0.39 is 0 Å². The molecule has 0 bridgehead atoms. The average molecular weight is 85.1 g/mol. The van der Waals surface area contributed by atoms with Gasteiger partial charge >= 0.3 is 51.4 Å². The summed E-state index contributed by atoms with van der Waals surface area (Å²) in [5, 5.41) is 6.50. The molecular weight excluding hydrogens is 81.1 g/mol. The van der Waals surface area contributed by atoms with Crippen molar-refractivity contribution in [3.05, 3.63) is 0 Å². The van der Waals surface area contributed by atoms with Crippen molar-refractivity contribution in [3.8, 4) is 6.57 Å². The van der Waals surface area contributed by atoms with Gasteiger partial charge in [-0.2, -0.15) is 0 Å². The normalized spacial score (nSPS) is 0.500. The molecule has 0 fully saturated rings. The molecule has 4 heavy (non-hydrogen) atoms. The van der Waals surface area contributed by atoms with E-state index in [9.17, 15) is 0 Å². The molecule has 2 nitrogen and oxygen atoms in total. The molecule has 0 aromatic heterocycles. The monoisotopic (exact) mass is 85.0 g/mol. The molecule has 0 unspecified atom stereocenters. The van der Waals surface area contributed by atoms with E-state index in [0.29, 0.717) is 0 Å². The van der Waals surface area contributed by atoms with Crippen LogP contribution in [-0.4, -0.2) is 5.48 Å². The van der Waals surface area contributed by atoms with Gasteiger partial charge in [0, 0.05) is 6.57 Å². The molecule has 0 saturated heterocycles. The van der Waals surface area contributed by atoms with Gasteiger partial charge < -0.3 is 6.90 Å². The van der Waals surface area contributed by atoms with Gasteiger partial charge in [0.05, 0.1) is 0 Å². The molecular formula is CH4KNO. The third-order valence-corrected chi connectivity index (χ3v) is 0. The minimum atomic E-state index is 0. The summed E-state index contributed by atoms with van der Waals surface area (Å²) in [6.45, 7) is 3.50. The average Bonchev–Trinajstić information content (AvgIpc) is 1.00. The molecule has 0 amide bonds. The molecule has 20 valence electrons. The third-order valence-electron chi connectivity index (χ3n) is 0. The van der Waals surface area contributed by atoms with Crippen LogP contribution in [0.1, 0.15) is 1.43 Å². The first-order chi connectivity index (χ1) is 1.00. The number of rotatable bonds is 0. The Hall–Kier alpha value is 1.09. The molecule has 0 aliphatic heterocycles. The molecule has 0 aliphatic rings. The van der Waals surface area contributed by atoms with E-state index in [-0.39, 0.29) is 58.3 Å². The van der Waals surface area contributed by atoms with Crippen molar-refractivity contribution in [2.75, 3.05) is 0 Å². The van der Waals surface area contributed by atoms with Crippen LogP contribution in [0.3, 0.4) is 0 Å². The molecule has 0 aromatic rings. The first kappa shape index (κ1) is 19.5. The summed E-state index contributed by atoms with van der Waals surface area (Å²) in [5.74, 6) is 0. The molecule has 0 spiro atoms. The maximum Gasteiger partial charge on any atom is 1.00 e. The van der Waals surface area contributed by atoms with Crippen molar-refractivity contribution in [2.24, 2.45) is 0 Å². The van der Waals surface area contributed by atoms with Crippen molar-refractivity contribution >= 4 is 0 Å². The Balaban J connectivity index is -0.00000000167.